The quantitative estimate of drug-likeness (QED) is 0.172. The summed E-state index contributed by atoms with van der Waals surface area (Å²) in [6.45, 7) is 0.191. The van der Waals surface area contributed by atoms with Gasteiger partial charge in [-0.2, -0.15) is 0 Å². The number of thiazole rings is 1. The third kappa shape index (κ3) is 6.48. The van der Waals surface area contributed by atoms with Crippen LogP contribution in [0.3, 0.4) is 0 Å². The number of ether oxygens (including phenoxy) is 2. The Kier molecular flexibility index (Phi) is 8.70. The average molecular weight is 689 g/mol. The second-order valence-corrected chi connectivity index (χ2v) is 13.4. The molecular formula is C33H27N3O7SSe. The zero-order chi connectivity index (χ0) is 31.5. The van der Waals surface area contributed by atoms with Crippen molar-refractivity contribution in [3.63, 3.8) is 0 Å². The number of aliphatic carboxylic acids is 2. The molecule has 3 aromatic carbocycles. The van der Waals surface area contributed by atoms with E-state index in [0.29, 0.717) is 33.1 Å². The van der Waals surface area contributed by atoms with Crippen LogP contribution in [0.5, 0.6) is 11.5 Å². The predicted octanol–water partition coefficient (Wildman–Crippen LogP) is 1.19. The van der Waals surface area contributed by atoms with Gasteiger partial charge in [0.15, 0.2) is 0 Å². The number of aromatic nitrogens is 2. The molecule has 228 valence electrons. The molecule has 1 N–H and O–H groups in total. The van der Waals surface area contributed by atoms with Gasteiger partial charge in [0.25, 0.3) is 0 Å². The minimum absolute atomic E-state index is 0.158. The van der Waals surface area contributed by atoms with Crippen LogP contribution in [-0.4, -0.2) is 43.2 Å². The number of rotatable bonds is 10. The van der Waals surface area contributed by atoms with Crippen LogP contribution in [0.4, 0.5) is 5.69 Å². The van der Waals surface area contributed by atoms with Gasteiger partial charge < -0.3 is 0 Å². The van der Waals surface area contributed by atoms with Crippen LogP contribution in [-0.2, 0) is 29.2 Å². The fraction of sp³-hybridized carbons (Fsp3) is 0.152. The summed E-state index contributed by atoms with van der Waals surface area (Å²) in [7, 11) is 1.56. The topological polar surface area (TPSA) is 125 Å². The van der Waals surface area contributed by atoms with E-state index in [9.17, 15) is 24.6 Å². The Morgan fingerprint density at radius 3 is 2.62 bits per heavy atom. The van der Waals surface area contributed by atoms with Crippen molar-refractivity contribution < 1.29 is 33.8 Å². The summed E-state index contributed by atoms with van der Waals surface area (Å²) < 4.78 is 17.2. The Bertz CT molecular complexity index is 2130. The molecule has 0 saturated heterocycles. The normalized spacial score (nSPS) is 14.2. The van der Waals surface area contributed by atoms with Gasteiger partial charge in [0, 0.05) is 0 Å². The number of hydrogen-bond acceptors (Lipinski definition) is 8. The first-order valence-corrected chi connectivity index (χ1v) is 16.5. The van der Waals surface area contributed by atoms with Crippen molar-refractivity contribution >= 4 is 65.4 Å². The monoisotopic (exact) mass is 689 g/mol. The van der Waals surface area contributed by atoms with Gasteiger partial charge in [-0.15, -0.1) is 0 Å². The van der Waals surface area contributed by atoms with Gasteiger partial charge in [0.2, 0.25) is 0 Å². The number of hydrogen-bond donors (Lipinski definition) is 1. The summed E-state index contributed by atoms with van der Waals surface area (Å²) in [6.07, 6.45) is 4.96. The SMILES string of the molecule is COc1ccc2[se]c(C=c3sc(=CC=C4Oc5ccccc5N4Cc4ccccc4)c(=O)n3CC(=O)O)[n+](CCC(=O)[O-])c2c1. The molecule has 0 amide bonds. The van der Waals surface area contributed by atoms with E-state index in [4.69, 9.17) is 9.47 Å². The molecule has 5 aromatic rings. The molecule has 0 fully saturated rings. The van der Waals surface area contributed by atoms with Gasteiger partial charge in [-0.05, 0) is 0 Å². The van der Waals surface area contributed by atoms with E-state index in [1.54, 1.807) is 25.3 Å². The second kappa shape index (κ2) is 13.0. The number of carbonyl (C=O) groups excluding carboxylic acids is 1. The van der Waals surface area contributed by atoms with Gasteiger partial charge in [-0.1, -0.05) is 18.2 Å². The standard InChI is InChI=1S/C33H27N3O7SSe/c1-42-22-11-13-27-24(17-22)34(16-15-31(37)38)30(45-27)18-29-36(20-32(39)40)33(41)26(44-29)12-14-28-35(19-21-7-3-2-4-8-21)23-9-5-6-10-25(23)43-28/h2-14,17-18H,15-16,19-20H2,1H3,(H-,37,38,39,40). The molecule has 3 heterocycles. The number of carboxylic acid groups (broad SMARTS) is 2. The van der Waals surface area contributed by atoms with E-state index in [2.05, 4.69) is 0 Å². The van der Waals surface area contributed by atoms with E-state index >= 15 is 0 Å². The minimum atomic E-state index is -1.18. The van der Waals surface area contributed by atoms with Crippen LogP contribution in [0.25, 0.3) is 21.9 Å². The molecule has 12 heteroatoms. The summed E-state index contributed by atoms with van der Waals surface area (Å²) in [5.74, 6) is -0.467. The summed E-state index contributed by atoms with van der Waals surface area (Å²) in [5, 5.41) is 21.0. The molecule has 0 radical (unpaired) electrons. The number of aryl methyl sites for hydroxylation is 1. The van der Waals surface area contributed by atoms with E-state index in [0.717, 1.165) is 25.6 Å². The molecule has 0 unspecified atom stereocenters. The Morgan fingerprint density at radius 2 is 1.87 bits per heavy atom. The number of nitrogens with zero attached hydrogens (tertiary/aromatic N) is 3. The number of allylic oxidation sites excluding steroid dienone is 1. The van der Waals surface area contributed by atoms with Crippen LogP contribution in [0.15, 0.2) is 89.6 Å². The summed E-state index contributed by atoms with van der Waals surface area (Å²) in [5.41, 5.74) is 2.36. The van der Waals surface area contributed by atoms with Crippen LogP contribution < -0.4 is 38.8 Å². The molecule has 0 saturated carbocycles. The van der Waals surface area contributed by atoms with E-state index in [-0.39, 0.29) is 27.5 Å². The number of benzene rings is 3. The number of anilines is 1. The number of methoxy groups -OCH3 is 1. The van der Waals surface area contributed by atoms with Crippen LogP contribution >= 0.6 is 11.3 Å². The summed E-state index contributed by atoms with van der Waals surface area (Å²) in [4.78, 5) is 38.7. The first-order chi connectivity index (χ1) is 21.8. The van der Waals surface area contributed by atoms with Crippen molar-refractivity contribution in [2.45, 2.75) is 26.1 Å². The zero-order valence-electron chi connectivity index (χ0n) is 24.0. The van der Waals surface area contributed by atoms with Crippen molar-refractivity contribution in [2.75, 3.05) is 12.0 Å². The van der Waals surface area contributed by atoms with Crippen molar-refractivity contribution in [3.05, 3.63) is 114 Å². The Hall–Kier alpha value is -4.90. The first-order valence-electron chi connectivity index (χ1n) is 13.9. The maximum atomic E-state index is 13.5. The molecule has 0 spiro atoms. The van der Waals surface area contributed by atoms with E-state index < -0.39 is 24.0 Å². The van der Waals surface area contributed by atoms with Gasteiger partial charge >= 0.3 is 250 Å². The fourth-order valence-electron chi connectivity index (χ4n) is 5.05. The van der Waals surface area contributed by atoms with Crippen LogP contribution in [0.1, 0.15) is 16.6 Å². The second-order valence-electron chi connectivity index (χ2n) is 10.1. The molecule has 10 nitrogen and oxygen atoms in total. The zero-order valence-corrected chi connectivity index (χ0v) is 26.6. The Balaban J connectivity index is 1.46. The van der Waals surface area contributed by atoms with Crippen LogP contribution in [0, 0.1) is 0 Å². The third-order valence-corrected chi connectivity index (χ3v) is 10.6. The molecule has 2 aromatic heterocycles. The molecule has 0 aliphatic carbocycles. The van der Waals surface area contributed by atoms with E-state index in [1.165, 1.54) is 15.9 Å². The van der Waals surface area contributed by atoms with Crippen molar-refractivity contribution in [1.29, 1.82) is 0 Å². The van der Waals surface area contributed by atoms with Gasteiger partial charge in [-0.25, -0.2) is 0 Å². The van der Waals surface area contributed by atoms with Crippen molar-refractivity contribution in [3.8, 4) is 11.5 Å². The third-order valence-electron chi connectivity index (χ3n) is 7.15. The van der Waals surface area contributed by atoms with E-state index in [1.807, 2.05) is 82.3 Å². The summed E-state index contributed by atoms with van der Waals surface area (Å²) in [6, 6.07) is 23.3. The molecule has 0 bridgehead atoms. The average Bonchev–Trinajstić information content (AvgIpc) is 3.66. The van der Waals surface area contributed by atoms with Gasteiger partial charge in [0.05, 0.1) is 0 Å². The molecule has 45 heavy (non-hydrogen) atoms. The Morgan fingerprint density at radius 1 is 1.09 bits per heavy atom. The van der Waals surface area contributed by atoms with Crippen molar-refractivity contribution in [2.24, 2.45) is 0 Å². The number of para-hydroxylation sites is 2. The number of carbonyl (C=O) groups is 2. The van der Waals surface area contributed by atoms with Gasteiger partial charge in [0.1, 0.15) is 0 Å². The molecule has 1 aliphatic rings. The number of carboxylic acids is 2. The molecule has 1 aliphatic heterocycles. The Labute approximate surface area is 267 Å². The summed E-state index contributed by atoms with van der Waals surface area (Å²) >= 11 is 0.939. The maximum absolute atomic E-state index is 13.5. The fourth-order valence-corrected chi connectivity index (χ4v) is 8.52. The predicted molar refractivity (Wildman–Crippen MR) is 169 cm³/mol. The van der Waals surface area contributed by atoms with Crippen molar-refractivity contribution in [1.82, 2.24) is 4.57 Å². The molecular weight excluding hydrogens is 661 g/mol. The number of fused-ring (bicyclic) bond motifs is 2. The van der Waals surface area contributed by atoms with Crippen LogP contribution in [0.2, 0.25) is 0 Å². The molecule has 6 rings (SSSR count). The molecule has 0 atom stereocenters. The van der Waals surface area contributed by atoms with Gasteiger partial charge in [-0.3, -0.25) is 0 Å². The first kappa shape index (κ1) is 30.1.